The van der Waals surface area contributed by atoms with Crippen molar-refractivity contribution >= 4 is 16.9 Å². The van der Waals surface area contributed by atoms with E-state index >= 15 is 0 Å². The molecule has 0 unspecified atom stereocenters. The van der Waals surface area contributed by atoms with Gasteiger partial charge in [-0.15, -0.1) is 0 Å². The molecule has 0 saturated carbocycles. The van der Waals surface area contributed by atoms with Crippen molar-refractivity contribution in [2.45, 2.75) is 19.4 Å². The van der Waals surface area contributed by atoms with Crippen molar-refractivity contribution in [1.82, 2.24) is 9.78 Å². The standard InChI is InChI=1S/C15H18N2O3/c1-19-15(18)12-3-2-4-14-13(12)9-16-17(14)10-11-5-7-20-8-6-11/h2-4,9,11H,5-8,10H2,1H3. The molecular weight excluding hydrogens is 256 g/mol. The highest BCUT2D eigenvalue weighted by atomic mass is 16.5. The highest BCUT2D eigenvalue weighted by molar-refractivity contribution is 6.03. The Morgan fingerprint density at radius 2 is 2.25 bits per heavy atom. The quantitative estimate of drug-likeness (QED) is 0.806. The molecule has 1 aromatic heterocycles. The van der Waals surface area contributed by atoms with Gasteiger partial charge in [-0.3, -0.25) is 4.68 Å². The fourth-order valence-corrected chi connectivity index (χ4v) is 2.71. The lowest BCUT2D eigenvalue weighted by Gasteiger charge is -2.22. The smallest absolute Gasteiger partial charge is 0.338 e. The van der Waals surface area contributed by atoms with E-state index in [9.17, 15) is 4.79 Å². The summed E-state index contributed by atoms with van der Waals surface area (Å²) in [5.41, 5.74) is 1.56. The second-order valence-corrected chi connectivity index (χ2v) is 5.11. The summed E-state index contributed by atoms with van der Waals surface area (Å²) >= 11 is 0. The number of nitrogens with zero attached hydrogens (tertiary/aromatic N) is 2. The predicted octanol–water partition coefficient (Wildman–Crippen LogP) is 2.25. The van der Waals surface area contributed by atoms with Crippen LogP contribution in [-0.4, -0.2) is 36.1 Å². The second-order valence-electron chi connectivity index (χ2n) is 5.11. The molecule has 20 heavy (non-hydrogen) atoms. The number of esters is 1. The monoisotopic (exact) mass is 274 g/mol. The molecule has 1 aromatic carbocycles. The highest BCUT2D eigenvalue weighted by Crippen LogP contribution is 2.23. The van der Waals surface area contributed by atoms with Crippen molar-refractivity contribution < 1.29 is 14.3 Å². The predicted molar refractivity (Wildman–Crippen MR) is 74.6 cm³/mol. The van der Waals surface area contributed by atoms with Crippen LogP contribution in [0.15, 0.2) is 24.4 Å². The fourth-order valence-electron chi connectivity index (χ4n) is 2.71. The Balaban J connectivity index is 1.91. The van der Waals surface area contributed by atoms with Gasteiger partial charge in [-0.25, -0.2) is 4.79 Å². The van der Waals surface area contributed by atoms with Gasteiger partial charge in [0.15, 0.2) is 0 Å². The molecule has 0 amide bonds. The topological polar surface area (TPSA) is 53.3 Å². The molecule has 5 nitrogen and oxygen atoms in total. The fraction of sp³-hybridized carbons (Fsp3) is 0.467. The van der Waals surface area contributed by atoms with Gasteiger partial charge in [0.1, 0.15) is 0 Å². The number of rotatable bonds is 3. The number of fused-ring (bicyclic) bond motifs is 1. The lowest BCUT2D eigenvalue weighted by Crippen LogP contribution is -2.20. The maximum absolute atomic E-state index is 11.8. The minimum absolute atomic E-state index is 0.318. The maximum atomic E-state index is 11.8. The zero-order valence-electron chi connectivity index (χ0n) is 11.5. The number of ether oxygens (including phenoxy) is 2. The van der Waals surface area contributed by atoms with Gasteiger partial charge < -0.3 is 9.47 Å². The van der Waals surface area contributed by atoms with Crippen LogP contribution in [0.4, 0.5) is 0 Å². The van der Waals surface area contributed by atoms with Gasteiger partial charge >= 0.3 is 5.97 Å². The van der Waals surface area contributed by atoms with E-state index in [0.717, 1.165) is 43.5 Å². The van der Waals surface area contributed by atoms with Gasteiger partial charge in [-0.05, 0) is 30.9 Å². The number of carbonyl (C=O) groups is 1. The van der Waals surface area contributed by atoms with Gasteiger partial charge in [0, 0.05) is 25.1 Å². The van der Waals surface area contributed by atoms with E-state index in [0.29, 0.717) is 11.5 Å². The first-order valence-corrected chi connectivity index (χ1v) is 6.90. The van der Waals surface area contributed by atoms with Crippen LogP contribution in [0.1, 0.15) is 23.2 Å². The minimum atomic E-state index is -0.318. The average molecular weight is 274 g/mol. The lowest BCUT2D eigenvalue weighted by atomic mass is 10.0. The van der Waals surface area contributed by atoms with Crippen LogP contribution >= 0.6 is 0 Å². The molecule has 3 rings (SSSR count). The average Bonchev–Trinajstić information content (AvgIpc) is 2.91. The van der Waals surface area contributed by atoms with Crippen LogP contribution < -0.4 is 0 Å². The van der Waals surface area contributed by atoms with Gasteiger partial charge in [0.05, 0.1) is 24.4 Å². The SMILES string of the molecule is COC(=O)c1cccc2c1cnn2CC1CCOCC1. The Morgan fingerprint density at radius 1 is 1.45 bits per heavy atom. The summed E-state index contributed by atoms with van der Waals surface area (Å²) in [5, 5.41) is 5.29. The number of hydrogen-bond acceptors (Lipinski definition) is 4. The molecule has 0 bridgehead atoms. The van der Waals surface area contributed by atoms with Crippen molar-refractivity contribution in [1.29, 1.82) is 0 Å². The van der Waals surface area contributed by atoms with Gasteiger partial charge in [-0.1, -0.05) is 6.07 Å². The van der Waals surface area contributed by atoms with Crippen molar-refractivity contribution in [3.63, 3.8) is 0 Å². The Kier molecular flexibility index (Phi) is 3.69. The molecule has 1 aliphatic heterocycles. The van der Waals surface area contributed by atoms with Crippen LogP contribution in [0, 0.1) is 5.92 Å². The number of hydrogen-bond donors (Lipinski definition) is 0. The number of methoxy groups -OCH3 is 1. The summed E-state index contributed by atoms with van der Waals surface area (Å²) < 4.78 is 12.2. The third-order valence-electron chi connectivity index (χ3n) is 3.86. The molecule has 0 aliphatic carbocycles. The van der Waals surface area contributed by atoms with Gasteiger partial charge in [0.2, 0.25) is 0 Å². The number of carbonyl (C=O) groups excluding carboxylic acids is 1. The summed E-state index contributed by atoms with van der Waals surface area (Å²) in [5.74, 6) is 0.273. The first-order chi connectivity index (χ1) is 9.79. The third kappa shape index (κ3) is 2.41. The molecule has 0 spiro atoms. The van der Waals surface area contributed by atoms with Crippen molar-refractivity contribution in [2.24, 2.45) is 5.92 Å². The zero-order chi connectivity index (χ0) is 13.9. The Labute approximate surface area is 117 Å². The van der Waals surface area contributed by atoms with Crippen LogP contribution in [0.25, 0.3) is 10.9 Å². The van der Waals surface area contributed by atoms with E-state index in [2.05, 4.69) is 5.10 Å². The third-order valence-corrected chi connectivity index (χ3v) is 3.86. The molecule has 1 saturated heterocycles. The van der Waals surface area contributed by atoms with Crippen molar-refractivity contribution in [3.05, 3.63) is 30.0 Å². The number of aromatic nitrogens is 2. The molecule has 0 radical (unpaired) electrons. The Bertz CT molecular complexity index is 615. The molecule has 1 fully saturated rings. The molecule has 106 valence electrons. The van der Waals surface area contributed by atoms with Gasteiger partial charge in [-0.2, -0.15) is 5.10 Å². The van der Waals surface area contributed by atoms with Crippen molar-refractivity contribution in [2.75, 3.05) is 20.3 Å². The molecule has 2 aromatic rings. The van der Waals surface area contributed by atoms with Gasteiger partial charge in [0.25, 0.3) is 0 Å². The van der Waals surface area contributed by atoms with E-state index < -0.39 is 0 Å². The second kappa shape index (κ2) is 5.63. The van der Waals surface area contributed by atoms with E-state index in [1.165, 1.54) is 7.11 Å². The summed E-state index contributed by atoms with van der Waals surface area (Å²) in [6.45, 7) is 2.53. The largest absolute Gasteiger partial charge is 0.465 e. The summed E-state index contributed by atoms with van der Waals surface area (Å²) in [6, 6.07) is 5.64. The van der Waals surface area contributed by atoms with Crippen LogP contribution in [0.3, 0.4) is 0 Å². The first-order valence-electron chi connectivity index (χ1n) is 6.90. The van der Waals surface area contributed by atoms with E-state index in [1.807, 2.05) is 16.8 Å². The minimum Gasteiger partial charge on any atom is -0.465 e. The number of benzene rings is 1. The normalized spacial score (nSPS) is 16.4. The molecule has 2 heterocycles. The van der Waals surface area contributed by atoms with E-state index in [4.69, 9.17) is 9.47 Å². The Hall–Kier alpha value is -1.88. The van der Waals surface area contributed by atoms with Crippen LogP contribution in [-0.2, 0) is 16.0 Å². The lowest BCUT2D eigenvalue weighted by molar-refractivity contribution is 0.0602. The molecule has 0 N–H and O–H groups in total. The van der Waals surface area contributed by atoms with Crippen molar-refractivity contribution in [3.8, 4) is 0 Å². The zero-order valence-corrected chi connectivity index (χ0v) is 11.5. The summed E-state index contributed by atoms with van der Waals surface area (Å²) in [6.07, 6.45) is 3.89. The highest BCUT2D eigenvalue weighted by Gasteiger charge is 2.18. The first kappa shape index (κ1) is 13.1. The summed E-state index contributed by atoms with van der Waals surface area (Å²) in [4.78, 5) is 11.8. The van der Waals surface area contributed by atoms with Crippen LogP contribution in [0.5, 0.6) is 0 Å². The van der Waals surface area contributed by atoms with Crippen LogP contribution in [0.2, 0.25) is 0 Å². The summed E-state index contributed by atoms with van der Waals surface area (Å²) in [7, 11) is 1.40. The molecule has 0 atom stereocenters. The molecular formula is C15H18N2O3. The maximum Gasteiger partial charge on any atom is 0.338 e. The van der Waals surface area contributed by atoms with E-state index in [1.54, 1.807) is 12.3 Å². The molecule has 1 aliphatic rings. The molecule has 5 heteroatoms. The van der Waals surface area contributed by atoms with E-state index in [-0.39, 0.29) is 5.97 Å². The Morgan fingerprint density at radius 3 is 3.00 bits per heavy atom.